The lowest BCUT2D eigenvalue weighted by atomic mass is 10.0. The van der Waals surface area contributed by atoms with Gasteiger partial charge >= 0.3 is 0 Å². The normalized spacial score (nSPS) is 24.3. The molecule has 1 saturated heterocycles. The van der Waals surface area contributed by atoms with Crippen LogP contribution in [0.5, 0.6) is 0 Å². The van der Waals surface area contributed by atoms with Crippen molar-refractivity contribution < 1.29 is 13.5 Å². The molecule has 0 N–H and O–H groups in total. The molecule has 0 aliphatic carbocycles. The van der Waals surface area contributed by atoms with Gasteiger partial charge in [-0.25, -0.2) is 13.5 Å². The predicted molar refractivity (Wildman–Crippen MR) is 59.1 cm³/mol. The van der Waals surface area contributed by atoms with Gasteiger partial charge in [0.05, 0.1) is 12.4 Å². The Morgan fingerprint density at radius 2 is 2.07 bits per heavy atom. The third kappa shape index (κ3) is 4.95. The summed E-state index contributed by atoms with van der Waals surface area (Å²) in [5, 5.41) is 10.6. The highest BCUT2D eigenvalue weighted by atomic mass is 32.2. The van der Waals surface area contributed by atoms with Crippen molar-refractivity contribution in [2.45, 2.75) is 31.7 Å². The molecule has 0 aromatic heterocycles. The lowest BCUT2D eigenvalue weighted by Crippen LogP contribution is -2.41. The maximum Gasteiger partial charge on any atom is 0.147 e. The highest BCUT2D eigenvalue weighted by molar-refractivity contribution is 7.90. The quantitative estimate of drug-likeness (QED) is 0.704. The van der Waals surface area contributed by atoms with Gasteiger partial charge in [0.1, 0.15) is 9.84 Å². The van der Waals surface area contributed by atoms with E-state index in [9.17, 15) is 13.5 Å². The maximum absolute atomic E-state index is 11.1. The fourth-order valence-electron chi connectivity index (χ4n) is 2.15. The number of hydrogen-bond acceptors (Lipinski definition) is 3. The molecule has 0 amide bonds. The SMILES string of the molecule is CS(=O)(=O)CCC1CCCCN1CC[O]. The summed E-state index contributed by atoms with van der Waals surface area (Å²) in [5.41, 5.74) is 0. The zero-order valence-corrected chi connectivity index (χ0v) is 10.1. The average Bonchev–Trinajstić information content (AvgIpc) is 2.16. The van der Waals surface area contributed by atoms with Crippen LogP contribution in [0, 0.1) is 0 Å². The summed E-state index contributed by atoms with van der Waals surface area (Å²) in [4.78, 5) is 2.15. The Bertz CT molecular complexity index is 274. The van der Waals surface area contributed by atoms with Crippen LogP contribution >= 0.6 is 0 Å². The van der Waals surface area contributed by atoms with Crippen LogP contribution in [0.25, 0.3) is 0 Å². The number of likely N-dealkylation sites (tertiary alicyclic amines) is 1. The van der Waals surface area contributed by atoms with Gasteiger partial charge in [-0.3, -0.25) is 4.90 Å². The van der Waals surface area contributed by atoms with Crippen LogP contribution in [0.2, 0.25) is 0 Å². The molecule has 1 aliphatic heterocycles. The monoisotopic (exact) mass is 234 g/mol. The van der Waals surface area contributed by atoms with E-state index in [1.807, 2.05) is 0 Å². The second kappa shape index (κ2) is 5.82. The number of hydrogen-bond donors (Lipinski definition) is 0. The van der Waals surface area contributed by atoms with Crippen molar-refractivity contribution in [1.82, 2.24) is 4.90 Å². The summed E-state index contributed by atoms with van der Waals surface area (Å²) >= 11 is 0. The standard InChI is InChI=1S/C10H20NO3S/c1-15(13,14)9-5-10-4-2-3-6-11(10)7-8-12/h10H,2-9H2,1H3. The van der Waals surface area contributed by atoms with Crippen LogP contribution in [-0.4, -0.2) is 51.1 Å². The molecule has 0 aromatic rings. The molecular formula is C10H20NO3S. The summed E-state index contributed by atoms with van der Waals surface area (Å²) in [7, 11) is -2.87. The smallest absolute Gasteiger partial charge is 0.147 e. The number of nitrogens with zero attached hydrogens (tertiary/aromatic N) is 1. The van der Waals surface area contributed by atoms with Gasteiger partial charge in [0.2, 0.25) is 0 Å². The molecule has 0 bridgehead atoms. The predicted octanol–water partition coefficient (Wildman–Crippen LogP) is 0.706. The maximum atomic E-state index is 11.1. The lowest BCUT2D eigenvalue weighted by molar-refractivity contribution is 0.0889. The first-order chi connectivity index (χ1) is 7.03. The van der Waals surface area contributed by atoms with Crippen LogP contribution < -0.4 is 0 Å². The van der Waals surface area contributed by atoms with Gasteiger partial charge in [0, 0.05) is 18.8 Å². The third-order valence-corrected chi connectivity index (χ3v) is 3.93. The van der Waals surface area contributed by atoms with Crippen molar-refractivity contribution >= 4 is 9.84 Å². The Balaban J connectivity index is 2.42. The van der Waals surface area contributed by atoms with Gasteiger partial charge in [-0.15, -0.1) is 0 Å². The molecule has 1 atom stereocenters. The lowest BCUT2D eigenvalue weighted by Gasteiger charge is -2.35. The van der Waals surface area contributed by atoms with E-state index in [1.54, 1.807) is 0 Å². The Morgan fingerprint density at radius 1 is 1.33 bits per heavy atom. The molecule has 1 heterocycles. The summed E-state index contributed by atoms with van der Waals surface area (Å²) in [6.45, 7) is 1.43. The molecule has 0 saturated carbocycles. The molecule has 1 aliphatic rings. The first kappa shape index (κ1) is 12.9. The molecule has 5 heteroatoms. The molecule has 89 valence electrons. The number of sulfone groups is 1. The number of piperidine rings is 1. The van der Waals surface area contributed by atoms with Gasteiger partial charge in [-0.1, -0.05) is 6.42 Å². The summed E-state index contributed by atoms with van der Waals surface area (Å²) in [5.74, 6) is 0.243. The molecule has 1 unspecified atom stereocenters. The number of rotatable bonds is 5. The van der Waals surface area contributed by atoms with Gasteiger partial charge < -0.3 is 0 Å². The van der Waals surface area contributed by atoms with Crippen LogP contribution in [-0.2, 0) is 14.9 Å². The van der Waals surface area contributed by atoms with E-state index in [1.165, 1.54) is 6.26 Å². The minimum Gasteiger partial charge on any atom is -0.298 e. The zero-order chi connectivity index (χ0) is 11.3. The van der Waals surface area contributed by atoms with Crippen molar-refractivity contribution in [3.05, 3.63) is 0 Å². The van der Waals surface area contributed by atoms with E-state index in [-0.39, 0.29) is 12.4 Å². The van der Waals surface area contributed by atoms with Crippen LogP contribution in [0.4, 0.5) is 0 Å². The van der Waals surface area contributed by atoms with Crippen molar-refractivity contribution in [2.75, 3.05) is 31.7 Å². The highest BCUT2D eigenvalue weighted by Gasteiger charge is 2.22. The van der Waals surface area contributed by atoms with E-state index in [0.29, 0.717) is 19.0 Å². The minimum absolute atomic E-state index is 0.0879. The van der Waals surface area contributed by atoms with Gasteiger partial charge in [-0.05, 0) is 25.8 Å². The van der Waals surface area contributed by atoms with Crippen molar-refractivity contribution in [3.8, 4) is 0 Å². The van der Waals surface area contributed by atoms with E-state index in [0.717, 1.165) is 25.8 Å². The molecule has 0 aromatic carbocycles. The van der Waals surface area contributed by atoms with Crippen LogP contribution in [0.3, 0.4) is 0 Å². The van der Waals surface area contributed by atoms with E-state index in [4.69, 9.17) is 0 Å². The third-order valence-electron chi connectivity index (χ3n) is 2.95. The van der Waals surface area contributed by atoms with E-state index in [2.05, 4.69) is 4.90 Å². The topological polar surface area (TPSA) is 57.3 Å². The zero-order valence-electron chi connectivity index (χ0n) is 9.31. The first-order valence-corrected chi connectivity index (χ1v) is 7.59. The Labute approximate surface area is 92.2 Å². The fourth-order valence-corrected chi connectivity index (χ4v) is 2.85. The second-order valence-electron chi connectivity index (χ2n) is 4.31. The second-order valence-corrected chi connectivity index (χ2v) is 6.57. The highest BCUT2D eigenvalue weighted by Crippen LogP contribution is 2.19. The molecule has 0 spiro atoms. The van der Waals surface area contributed by atoms with Gasteiger partial charge in [0.15, 0.2) is 0 Å². The summed E-state index contributed by atoms with van der Waals surface area (Å²) in [6, 6.07) is 0.308. The Kier molecular flexibility index (Phi) is 5.02. The van der Waals surface area contributed by atoms with Crippen LogP contribution in [0.1, 0.15) is 25.7 Å². The van der Waals surface area contributed by atoms with E-state index >= 15 is 0 Å². The molecule has 1 fully saturated rings. The average molecular weight is 234 g/mol. The van der Waals surface area contributed by atoms with E-state index < -0.39 is 9.84 Å². The van der Waals surface area contributed by atoms with Crippen molar-refractivity contribution in [3.63, 3.8) is 0 Å². The summed E-state index contributed by atoms with van der Waals surface area (Å²) in [6.07, 6.45) is 5.28. The molecule has 15 heavy (non-hydrogen) atoms. The van der Waals surface area contributed by atoms with Gasteiger partial charge in [-0.2, -0.15) is 0 Å². The summed E-state index contributed by atoms with van der Waals surface area (Å²) < 4.78 is 22.1. The molecule has 4 nitrogen and oxygen atoms in total. The minimum atomic E-state index is -2.87. The van der Waals surface area contributed by atoms with Crippen molar-refractivity contribution in [2.24, 2.45) is 0 Å². The molecular weight excluding hydrogens is 214 g/mol. The molecule has 1 radical (unpaired) electrons. The van der Waals surface area contributed by atoms with Crippen LogP contribution in [0.15, 0.2) is 0 Å². The largest absolute Gasteiger partial charge is 0.298 e. The van der Waals surface area contributed by atoms with Crippen molar-refractivity contribution in [1.29, 1.82) is 0 Å². The molecule has 1 rings (SSSR count). The van der Waals surface area contributed by atoms with Gasteiger partial charge in [0.25, 0.3) is 0 Å². The Hall–Kier alpha value is -0.130. The first-order valence-electron chi connectivity index (χ1n) is 5.53. The fraction of sp³-hybridized carbons (Fsp3) is 1.00. The Morgan fingerprint density at radius 3 is 2.67 bits per heavy atom.